The number of anilines is 2. The summed E-state index contributed by atoms with van der Waals surface area (Å²) >= 11 is 0. The molecule has 40 heavy (non-hydrogen) atoms. The zero-order chi connectivity index (χ0) is 29.6. The van der Waals surface area contributed by atoms with Crippen molar-refractivity contribution in [3.63, 3.8) is 0 Å². The van der Waals surface area contributed by atoms with E-state index in [0.717, 1.165) is 32.1 Å². The highest BCUT2D eigenvalue weighted by atomic mass is 32.2. The van der Waals surface area contributed by atoms with Crippen molar-refractivity contribution in [2.24, 2.45) is 11.8 Å². The minimum absolute atomic E-state index is 0.00585. The van der Waals surface area contributed by atoms with E-state index in [2.05, 4.69) is 30.5 Å². The van der Waals surface area contributed by atoms with Crippen LogP contribution in [0.3, 0.4) is 0 Å². The monoisotopic (exact) mass is 573 g/mol. The van der Waals surface area contributed by atoms with Crippen LogP contribution in [0.4, 0.5) is 11.6 Å². The number of aromatic nitrogens is 2. The van der Waals surface area contributed by atoms with Gasteiger partial charge in [0, 0.05) is 23.1 Å². The Morgan fingerprint density at radius 2 is 1.82 bits per heavy atom. The molecule has 2 aliphatic rings. The quantitative estimate of drug-likeness (QED) is 0.387. The number of sulfonamides is 1. The van der Waals surface area contributed by atoms with Gasteiger partial charge >= 0.3 is 0 Å². The first-order valence-corrected chi connectivity index (χ1v) is 15.5. The van der Waals surface area contributed by atoms with Crippen molar-refractivity contribution in [1.29, 1.82) is 0 Å². The van der Waals surface area contributed by atoms with E-state index in [9.17, 15) is 23.4 Å². The predicted molar refractivity (Wildman–Crippen MR) is 154 cm³/mol. The molecule has 0 bridgehead atoms. The molecule has 1 aliphatic heterocycles. The van der Waals surface area contributed by atoms with E-state index in [4.69, 9.17) is 10.7 Å². The number of nitrogens with one attached hydrogen (secondary N) is 1. The van der Waals surface area contributed by atoms with Gasteiger partial charge in [0.05, 0.1) is 17.4 Å². The van der Waals surface area contributed by atoms with Gasteiger partial charge in [-0.15, -0.1) is 0 Å². The number of hydrogen-bond donors (Lipinski definition) is 4. The van der Waals surface area contributed by atoms with E-state index >= 15 is 0 Å². The lowest BCUT2D eigenvalue weighted by Gasteiger charge is -2.36. The maximum absolute atomic E-state index is 13.8. The first-order valence-electron chi connectivity index (χ1n) is 14.0. The molecule has 11 heteroatoms. The second kappa shape index (κ2) is 10.9. The highest BCUT2D eigenvalue weighted by Crippen LogP contribution is 2.42. The van der Waals surface area contributed by atoms with Gasteiger partial charge in [0.15, 0.2) is 5.03 Å². The van der Waals surface area contributed by atoms with Crippen molar-refractivity contribution in [3.05, 3.63) is 41.1 Å². The lowest BCUT2D eigenvalue weighted by atomic mass is 9.82. The van der Waals surface area contributed by atoms with E-state index in [-0.39, 0.29) is 27.9 Å². The Kier molecular flexibility index (Phi) is 8.23. The first kappa shape index (κ1) is 30.2. The van der Waals surface area contributed by atoms with E-state index in [1.807, 2.05) is 25.7 Å². The Balaban J connectivity index is 1.87. The molecule has 1 amide bonds. The molecule has 0 radical (unpaired) electrons. The van der Waals surface area contributed by atoms with E-state index < -0.39 is 33.6 Å². The summed E-state index contributed by atoms with van der Waals surface area (Å²) < 4.78 is 28.4. The number of carbonyl (C=O) groups excluding carboxylic acids is 1. The van der Waals surface area contributed by atoms with Crippen LogP contribution in [0.1, 0.15) is 101 Å². The van der Waals surface area contributed by atoms with E-state index in [1.165, 1.54) is 24.3 Å². The molecule has 0 aromatic carbocycles. The molecule has 1 aliphatic carbocycles. The zero-order valence-electron chi connectivity index (χ0n) is 24.3. The van der Waals surface area contributed by atoms with Crippen LogP contribution in [0.25, 0.3) is 0 Å². The third-order valence-corrected chi connectivity index (χ3v) is 9.32. The van der Waals surface area contributed by atoms with Gasteiger partial charge in [0.25, 0.3) is 15.9 Å². The molecule has 2 fully saturated rings. The number of aliphatic hydroxyl groups is 2. The van der Waals surface area contributed by atoms with Gasteiger partial charge in [-0.05, 0) is 63.1 Å². The molecule has 1 saturated carbocycles. The van der Waals surface area contributed by atoms with Crippen LogP contribution in [0.15, 0.2) is 29.3 Å². The smallest absolute Gasteiger partial charge is 0.281 e. The molecule has 3 atom stereocenters. The standard InChI is InChI=1S/C29H43N5O5S/c1-17-15-29(5,6)34(16-17)26-20(27(37)33-40(38,39)22-13-9-12-21(30)31-22)14-19(25(32-26)28(2,3)4)24(36)23(35)18-10-7-8-11-18/h9,12-14,17-18,23-24,35-36H,7-8,10-11,15-16H2,1-6H3,(H2,30,31)(H,33,37)/t17-,23+,24+/m0/s1. The summed E-state index contributed by atoms with van der Waals surface area (Å²) in [4.78, 5) is 24.7. The summed E-state index contributed by atoms with van der Waals surface area (Å²) in [5, 5.41) is 22.2. The summed E-state index contributed by atoms with van der Waals surface area (Å²) in [7, 11) is -4.36. The van der Waals surface area contributed by atoms with Gasteiger partial charge in [0.2, 0.25) is 0 Å². The number of aliphatic hydroxyl groups excluding tert-OH is 2. The number of carbonyl (C=O) groups is 1. The van der Waals surface area contributed by atoms with Crippen LogP contribution in [0.5, 0.6) is 0 Å². The van der Waals surface area contributed by atoms with Crippen LogP contribution in [-0.2, 0) is 15.4 Å². The van der Waals surface area contributed by atoms with Crippen LogP contribution < -0.4 is 15.4 Å². The van der Waals surface area contributed by atoms with Crippen molar-refractivity contribution >= 4 is 27.6 Å². The van der Waals surface area contributed by atoms with E-state index in [1.54, 1.807) is 0 Å². The van der Waals surface area contributed by atoms with Crippen LogP contribution in [-0.4, -0.2) is 52.7 Å². The highest BCUT2D eigenvalue weighted by molar-refractivity contribution is 7.90. The Hall–Kier alpha value is -2.76. The lowest BCUT2D eigenvalue weighted by molar-refractivity contribution is -0.0181. The van der Waals surface area contributed by atoms with Gasteiger partial charge in [-0.2, -0.15) is 8.42 Å². The van der Waals surface area contributed by atoms with Crippen molar-refractivity contribution in [1.82, 2.24) is 14.7 Å². The fourth-order valence-corrected chi connectivity index (χ4v) is 7.17. The molecule has 0 spiro atoms. The number of rotatable bonds is 7. The first-order chi connectivity index (χ1) is 18.5. The molecular formula is C29H43N5O5S. The SMILES string of the molecule is C[C@@H]1CN(c2nc(C(C)(C)C)c([C@@H](O)[C@H](O)C3CCCC3)cc2C(=O)NS(=O)(=O)c2cccc(N)n2)C(C)(C)C1. The third-order valence-electron chi connectivity index (χ3n) is 8.09. The highest BCUT2D eigenvalue weighted by Gasteiger charge is 2.41. The molecule has 4 rings (SSSR count). The topological polar surface area (TPSA) is 159 Å². The molecule has 2 aromatic rings. The molecule has 220 valence electrons. The maximum Gasteiger partial charge on any atom is 0.281 e. The summed E-state index contributed by atoms with van der Waals surface area (Å²) in [5.41, 5.74) is 5.68. The maximum atomic E-state index is 13.8. The minimum Gasteiger partial charge on any atom is -0.390 e. The second-order valence-electron chi connectivity index (χ2n) is 13.1. The van der Waals surface area contributed by atoms with Gasteiger partial charge in [-0.1, -0.05) is 46.6 Å². The van der Waals surface area contributed by atoms with Gasteiger partial charge in [-0.3, -0.25) is 4.79 Å². The average Bonchev–Trinajstić information content (AvgIpc) is 3.48. The molecular weight excluding hydrogens is 530 g/mol. The Morgan fingerprint density at radius 3 is 2.38 bits per heavy atom. The average molecular weight is 574 g/mol. The Morgan fingerprint density at radius 1 is 1.18 bits per heavy atom. The van der Waals surface area contributed by atoms with Crippen molar-refractivity contribution in [3.8, 4) is 0 Å². The zero-order valence-corrected chi connectivity index (χ0v) is 25.1. The van der Waals surface area contributed by atoms with Crippen LogP contribution in [0, 0.1) is 11.8 Å². The number of nitrogens with zero attached hydrogens (tertiary/aromatic N) is 3. The molecule has 2 aromatic heterocycles. The largest absolute Gasteiger partial charge is 0.390 e. The third kappa shape index (κ3) is 6.11. The molecule has 10 nitrogen and oxygen atoms in total. The predicted octanol–water partition coefficient (Wildman–Crippen LogP) is 3.68. The van der Waals surface area contributed by atoms with Gasteiger partial charge < -0.3 is 20.8 Å². The normalized spacial score (nSPS) is 21.4. The second-order valence-corrected chi connectivity index (χ2v) is 14.7. The van der Waals surface area contributed by atoms with E-state index in [0.29, 0.717) is 29.5 Å². The van der Waals surface area contributed by atoms with Gasteiger partial charge in [0.1, 0.15) is 17.7 Å². The minimum atomic E-state index is -4.36. The Bertz CT molecular complexity index is 1370. The van der Waals surface area contributed by atoms with Crippen LogP contribution in [0.2, 0.25) is 0 Å². The summed E-state index contributed by atoms with van der Waals surface area (Å²) in [5.74, 6) is -0.287. The molecule has 1 saturated heterocycles. The number of hydrogen-bond acceptors (Lipinski definition) is 9. The number of nitrogen functional groups attached to an aromatic ring is 1. The molecule has 3 heterocycles. The number of nitrogens with two attached hydrogens (primary N) is 1. The van der Waals surface area contributed by atoms with Gasteiger partial charge in [-0.25, -0.2) is 14.7 Å². The number of pyridine rings is 2. The molecule has 5 N–H and O–H groups in total. The van der Waals surface area contributed by atoms with Crippen LogP contribution >= 0.6 is 0 Å². The number of amides is 1. The fraction of sp³-hybridized carbons (Fsp3) is 0.621. The lowest BCUT2D eigenvalue weighted by Crippen LogP contribution is -2.42. The summed E-state index contributed by atoms with van der Waals surface area (Å²) in [6.07, 6.45) is 2.14. The molecule has 0 unspecified atom stereocenters. The van der Waals surface area contributed by atoms with Crippen molar-refractivity contribution in [2.75, 3.05) is 17.2 Å². The fourth-order valence-electron chi connectivity index (χ4n) is 6.23. The Labute approximate surface area is 237 Å². The summed E-state index contributed by atoms with van der Waals surface area (Å²) in [6.45, 7) is 12.8. The summed E-state index contributed by atoms with van der Waals surface area (Å²) in [6, 6.07) is 5.67. The van der Waals surface area contributed by atoms with Crippen molar-refractivity contribution in [2.45, 2.75) is 102 Å². The van der Waals surface area contributed by atoms with Crippen molar-refractivity contribution < 1.29 is 23.4 Å².